The van der Waals surface area contributed by atoms with Crippen LogP contribution in [0.25, 0.3) is 10.8 Å². The lowest BCUT2D eigenvalue weighted by Gasteiger charge is -2.29. The summed E-state index contributed by atoms with van der Waals surface area (Å²) in [6, 6.07) is 12.9. The third kappa shape index (κ3) is 4.42. The zero-order valence-electron chi connectivity index (χ0n) is 17.4. The molecule has 0 radical (unpaired) electrons. The van der Waals surface area contributed by atoms with E-state index in [9.17, 15) is 4.79 Å². The Morgan fingerprint density at radius 1 is 1.21 bits per heavy atom. The third-order valence-electron chi connectivity index (χ3n) is 5.45. The lowest BCUT2D eigenvalue weighted by molar-refractivity contribution is 0.0259. The summed E-state index contributed by atoms with van der Waals surface area (Å²) in [6.45, 7) is 9.27. The molecule has 2 aliphatic heterocycles. The molecular formula is C23H28BrN3O2. The zero-order valence-corrected chi connectivity index (χ0v) is 19.0. The molecule has 3 atom stereocenters. The first kappa shape index (κ1) is 20.2. The smallest absolute Gasteiger partial charge is 0.410 e. The van der Waals surface area contributed by atoms with Gasteiger partial charge < -0.3 is 10.1 Å². The lowest BCUT2D eigenvalue weighted by atomic mass is 10.0. The van der Waals surface area contributed by atoms with E-state index in [2.05, 4.69) is 64.6 Å². The fraction of sp³-hybridized carbons (Fsp3) is 0.478. The third-order valence-corrected chi connectivity index (χ3v) is 5.94. The molecule has 1 unspecified atom stereocenters. The number of likely N-dealkylation sites (tertiary alicyclic amines) is 1. The van der Waals surface area contributed by atoms with Crippen LogP contribution in [0.3, 0.4) is 0 Å². The molecule has 2 aromatic rings. The highest BCUT2D eigenvalue weighted by atomic mass is 79.9. The van der Waals surface area contributed by atoms with Gasteiger partial charge in [-0.15, -0.1) is 0 Å². The first-order valence-corrected chi connectivity index (χ1v) is 11.0. The number of amides is 1. The van der Waals surface area contributed by atoms with E-state index in [1.54, 1.807) is 0 Å². The molecule has 29 heavy (non-hydrogen) atoms. The molecule has 4 rings (SSSR count). The highest BCUT2D eigenvalue weighted by molar-refractivity contribution is 9.10. The van der Waals surface area contributed by atoms with Gasteiger partial charge >= 0.3 is 6.09 Å². The van der Waals surface area contributed by atoms with E-state index in [0.29, 0.717) is 19.0 Å². The monoisotopic (exact) mass is 457 g/mol. The summed E-state index contributed by atoms with van der Waals surface area (Å²) in [5.41, 5.74) is 0.717. The summed E-state index contributed by atoms with van der Waals surface area (Å²) in [4.78, 5) is 19.3. The van der Waals surface area contributed by atoms with Crippen molar-refractivity contribution in [1.29, 1.82) is 0 Å². The highest BCUT2D eigenvalue weighted by Gasteiger charge is 2.40. The highest BCUT2D eigenvalue weighted by Crippen LogP contribution is 2.30. The first-order valence-electron chi connectivity index (χ1n) is 10.2. The van der Waals surface area contributed by atoms with E-state index in [-0.39, 0.29) is 18.2 Å². The lowest BCUT2D eigenvalue weighted by Crippen LogP contribution is -2.46. The fourth-order valence-electron chi connectivity index (χ4n) is 4.13. The van der Waals surface area contributed by atoms with Crippen LogP contribution in [0.2, 0.25) is 0 Å². The number of amidine groups is 1. The maximum atomic E-state index is 12.7. The Morgan fingerprint density at radius 3 is 2.69 bits per heavy atom. The number of fused-ring (bicyclic) bond motifs is 1. The number of hydrogen-bond acceptors (Lipinski definition) is 4. The number of rotatable bonds is 2. The van der Waals surface area contributed by atoms with E-state index in [0.717, 1.165) is 16.7 Å². The van der Waals surface area contributed by atoms with Crippen LogP contribution in [0, 0.1) is 5.92 Å². The molecule has 1 saturated heterocycles. The maximum absolute atomic E-state index is 12.7. The van der Waals surface area contributed by atoms with Crippen LogP contribution in [0.1, 0.15) is 45.7 Å². The average Bonchev–Trinajstić information content (AvgIpc) is 3.26. The molecule has 2 heterocycles. The minimum atomic E-state index is -0.499. The predicted molar refractivity (Wildman–Crippen MR) is 120 cm³/mol. The molecule has 0 saturated carbocycles. The molecule has 0 spiro atoms. The standard InChI is InChI=1S/C23H28BrN3O2/c1-14-9-20(27(13-14)22(28)29-23(2,3)4)21-25-12-19(26-21)17-6-5-16-11-18(24)8-7-15(16)10-17/h5-8,10-11,14,19-20H,9,12-13H2,1-4H3,(H,25,26)/t14-,19?,20-/m0/s1. The average molecular weight is 458 g/mol. The number of benzene rings is 2. The zero-order chi connectivity index (χ0) is 20.8. The minimum absolute atomic E-state index is 0.0405. The molecule has 2 aromatic carbocycles. The Morgan fingerprint density at radius 2 is 1.93 bits per heavy atom. The molecule has 1 fully saturated rings. The van der Waals surface area contributed by atoms with Gasteiger partial charge in [-0.2, -0.15) is 0 Å². The van der Waals surface area contributed by atoms with Crippen molar-refractivity contribution >= 4 is 38.6 Å². The van der Waals surface area contributed by atoms with Crippen LogP contribution in [0.5, 0.6) is 0 Å². The Kier molecular flexibility index (Phi) is 5.32. The van der Waals surface area contributed by atoms with Crippen LogP contribution in [-0.4, -0.2) is 41.6 Å². The molecule has 2 aliphatic rings. The largest absolute Gasteiger partial charge is 0.444 e. The van der Waals surface area contributed by atoms with Crippen molar-refractivity contribution < 1.29 is 9.53 Å². The van der Waals surface area contributed by atoms with Crippen LogP contribution in [0.4, 0.5) is 4.79 Å². The van der Waals surface area contributed by atoms with Crippen molar-refractivity contribution in [2.24, 2.45) is 10.9 Å². The molecule has 154 valence electrons. The van der Waals surface area contributed by atoms with Crippen molar-refractivity contribution in [1.82, 2.24) is 10.2 Å². The molecule has 0 bridgehead atoms. The van der Waals surface area contributed by atoms with Gasteiger partial charge in [0, 0.05) is 11.0 Å². The molecule has 1 amide bonds. The second-order valence-electron chi connectivity index (χ2n) is 9.16. The van der Waals surface area contributed by atoms with Gasteiger partial charge in [0.2, 0.25) is 0 Å². The Hall–Kier alpha value is -2.08. The van der Waals surface area contributed by atoms with Gasteiger partial charge in [-0.25, -0.2) is 4.79 Å². The van der Waals surface area contributed by atoms with Crippen LogP contribution in [-0.2, 0) is 4.74 Å². The van der Waals surface area contributed by atoms with E-state index in [1.165, 1.54) is 16.3 Å². The van der Waals surface area contributed by atoms with Gasteiger partial charge in [-0.3, -0.25) is 9.89 Å². The Bertz CT molecular complexity index is 966. The van der Waals surface area contributed by atoms with E-state index in [4.69, 9.17) is 9.73 Å². The van der Waals surface area contributed by atoms with Crippen molar-refractivity contribution in [2.75, 3.05) is 13.1 Å². The Labute approximate surface area is 180 Å². The fourth-order valence-corrected chi connectivity index (χ4v) is 4.51. The summed E-state index contributed by atoms with van der Waals surface area (Å²) in [5.74, 6) is 1.33. The number of halogens is 1. The summed E-state index contributed by atoms with van der Waals surface area (Å²) in [5, 5.41) is 6.01. The molecular weight excluding hydrogens is 430 g/mol. The summed E-state index contributed by atoms with van der Waals surface area (Å²) < 4.78 is 6.71. The van der Waals surface area contributed by atoms with Gasteiger partial charge in [-0.05, 0) is 67.6 Å². The van der Waals surface area contributed by atoms with E-state index < -0.39 is 5.60 Å². The molecule has 5 nitrogen and oxygen atoms in total. The van der Waals surface area contributed by atoms with Crippen molar-refractivity contribution in [3.63, 3.8) is 0 Å². The van der Waals surface area contributed by atoms with E-state index in [1.807, 2.05) is 25.7 Å². The van der Waals surface area contributed by atoms with Crippen molar-refractivity contribution in [3.05, 3.63) is 46.4 Å². The number of carbonyl (C=O) groups excluding carboxylic acids is 1. The second kappa shape index (κ2) is 7.63. The normalized spacial score (nSPS) is 24.5. The molecule has 0 aromatic heterocycles. The van der Waals surface area contributed by atoms with Crippen molar-refractivity contribution in [3.8, 4) is 0 Å². The quantitative estimate of drug-likeness (QED) is 0.666. The summed E-state index contributed by atoms with van der Waals surface area (Å²) >= 11 is 3.53. The minimum Gasteiger partial charge on any atom is -0.444 e. The van der Waals surface area contributed by atoms with E-state index >= 15 is 0 Å². The van der Waals surface area contributed by atoms with Gasteiger partial charge in [-0.1, -0.05) is 41.1 Å². The molecule has 1 N–H and O–H groups in total. The maximum Gasteiger partial charge on any atom is 0.410 e. The number of hydrogen-bond donors (Lipinski definition) is 1. The van der Waals surface area contributed by atoms with Gasteiger partial charge in [0.25, 0.3) is 0 Å². The number of nitrogens with zero attached hydrogens (tertiary/aromatic N) is 2. The second-order valence-corrected chi connectivity index (χ2v) is 10.1. The number of carbonyl (C=O) groups is 1. The van der Waals surface area contributed by atoms with Crippen LogP contribution < -0.4 is 5.32 Å². The summed E-state index contributed by atoms with van der Waals surface area (Å²) in [7, 11) is 0. The number of aliphatic imine (C=N–C) groups is 1. The number of ether oxygens (including phenoxy) is 1. The predicted octanol–water partition coefficient (Wildman–Crippen LogP) is 5.29. The van der Waals surface area contributed by atoms with Gasteiger partial charge in [0.05, 0.1) is 18.6 Å². The Balaban J connectivity index is 1.49. The number of nitrogens with one attached hydrogen (secondary N) is 1. The van der Waals surface area contributed by atoms with Crippen LogP contribution >= 0.6 is 15.9 Å². The molecule has 0 aliphatic carbocycles. The van der Waals surface area contributed by atoms with Crippen molar-refractivity contribution in [2.45, 2.75) is 51.8 Å². The molecule has 6 heteroatoms. The van der Waals surface area contributed by atoms with Gasteiger partial charge in [0.1, 0.15) is 11.4 Å². The van der Waals surface area contributed by atoms with Crippen LogP contribution in [0.15, 0.2) is 45.9 Å². The first-order chi connectivity index (χ1) is 13.7. The summed E-state index contributed by atoms with van der Waals surface area (Å²) in [6.07, 6.45) is 0.653. The SMILES string of the molecule is C[C@H]1C[C@@H](C2=NCC(c3ccc4cc(Br)ccc4c3)N2)N(C(=O)OC(C)(C)C)C1. The topological polar surface area (TPSA) is 53.9 Å². The van der Waals surface area contributed by atoms with Gasteiger partial charge in [0.15, 0.2) is 0 Å².